The van der Waals surface area contributed by atoms with Crippen molar-refractivity contribution in [3.63, 3.8) is 0 Å². The summed E-state index contributed by atoms with van der Waals surface area (Å²) < 4.78 is 0. The molecule has 14 heavy (non-hydrogen) atoms. The second-order valence-corrected chi connectivity index (χ2v) is 4.81. The number of nitrogens with zero attached hydrogens (tertiary/aromatic N) is 1. The van der Waals surface area contributed by atoms with E-state index in [4.69, 9.17) is 5.73 Å². The van der Waals surface area contributed by atoms with Crippen LogP contribution in [-0.4, -0.2) is 31.6 Å². The van der Waals surface area contributed by atoms with Crippen molar-refractivity contribution in [2.75, 3.05) is 26.7 Å². The van der Waals surface area contributed by atoms with E-state index in [1.54, 1.807) is 0 Å². The molecule has 2 aliphatic rings. The SMILES string of the molecule is CN1CCC2(CC1)CC(CN)C2.Cl.Cl. The number of hydrogen-bond donors (Lipinski definition) is 1. The molecule has 1 aliphatic carbocycles. The molecule has 0 atom stereocenters. The molecule has 0 aromatic carbocycles. The second-order valence-electron chi connectivity index (χ2n) is 4.81. The van der Waals surface area contributed by atoms with Crippen LogP contribution in [0.5, 0.6) is 0 Å². The first-order valence-corrected chi connectivity index (χ1v) is 5.13. The Bertz CT molecular complexity index is 152. The van der Waals surface area contributed by atoms with Gasteiger partial charge in [0.25, 0.3) is 0 Å². The molecule has 2 nitrogen and oxygen atoms in total. The quantitative estimate of drug-likeness (QED) is 0.759. The van der Waals surface area contributed by atoms with Gasteiger partial charge in [0.15, 0.2) is 0 Å². The van der Waals surface area contributed by atoms with E-state index in [9.17, 15) is 0 Å². The van der Waals surface area contributed by atoms with Gasteiger partial charge in [-0.25, -0.2) is 0 Å². The molecule has 1 heterocycles. The van der Waals surface area contributed by atoms with Crippen molar-refractivity contribution in [3.05, 3.63) is 0 Å². The minimum atomic E-state index is 0. The molecular formula is C10H22Cl2N2. The molecule has 1 saturated heterocycles. The number of likely N-dealkylation sites (tertiary alicyclic amines) is 1. The molecule has 1 aliphatic heterocycles. The molecule has 2 fully saturated rings. The Morgan fingerprint density at radius 3 is 2.14 bits per heavy atom. The summed E-state index contributed by atoms with van der Waals surface area (Å²) in [6.45, 7) is 3.52. The first-order chi connectivity index (χ1) is 5.74. The second kappa shape index (κ2) is 5.55. The van der Waals surface area contributed by atoms with Crippen molar-refractivity contribution in [2.45, 2.75) is 25.7 Å². The van der Waals surface area contributed by atoms with E-state index in [0.29, 0.717) is 0 Å². The normalized spacial score (nSPS) is 26.1. The van der Waals surface area contributed by atoms with Crippen molar-refractivity contribution in [1.82, 2.24) is 4.90 Å². The maximum absolute atomic E-state index is 5.64. The summed E-state index contributed by atoms with van der Waals surface area (Å²) in [7, 11) is 2.23. The first-order valence-electron chi connectivity index (χ1n) is 5.13. The molecule has 0 unspecified atom stereocenters. The van der Waals surface area contributed by atoms with Gasteiger partial charge < -0.3 is 10.6 Å². The van der Waals surface area contributed by atoms with Gasteiger partial charge in [0.05, 0.1) is 0 Å². The maximum atomic E-state index is 5.64. The van der Waals surface area contributed by atoms with Gasteiger partial charge in [0.2, 0.25) is 0 Å². The topological polar surface area (TPSA) is 29.3 Å². The van der Waals surface area contributed by atoms with E-state index in [0.717, 1.165) is 17.9 Å². The van der Waals surface area contributed by atoms with Crippen LogP contribution in [0.15, 0.2) is 0 Å². The van der Waals surface area contributed by atoms with Gasteiger partial charge in [0, 0.05) is 0 Å². The van der Waals surface area contributed by atoms with E-state index < -0.39 is 0 Å². The minimum Gasteiger partial charge on any atom is -0.330 e. The van der Waals surface area contributed by atoms with E-state index in [-0.39, 0.29) is 24.8 Å². The predicted molar refractivity (Wildman–Crippen MR) is 65.4 cm³/mol. The molecule has 0 amide bonds. The highest BCUT2D eigenvalue weighted by Gasteiger charge is 2.44. The summed E-state index contributed by atoms with van der Waals surface area (Å²) in [4.78, 5) is 2.45. The monoisotopic (exact) mass is 240 g/mol. The lowest BCUT2D eigenvalue weighted by Crippen LogP contribution is -2.47. The van der Waals surface area contributed by atoms with Crippen LogP contribution >= 0.6 is 24.8 Å². The van der Waals surface area contributed by atoms with Crippen molar-refractivity contribution in [1.29, 1.82) is 0 Å². The fourth-order valence-electron chi connectivity index (χ4n) is 2.83. The summed E-state index contributed by atoms with van der Waals surface area (Å²) in [5.74, 6) is 0.855. The van der Waals surface area contributed by atoms with Crippen LogP contribution in [0.2, 0.25) is 0 Å². The summed E-state index contributed by atoms with van der Waals surface area (Å²) in [5, 5.41) is 0. The third-order valence-corrected chi connectivity index (χ3v) is 3.82. The zero-order valence-electron chi connectivity index (χ0n) is 8.87. The fraction of sp³-hybridized carbons (Fsp3) is 1.00. The lowest BCUT2D eigenvalue weighted by Gasteiger charge is -2.51. The summed E-state index contributed by atoms with van der Waals surface area (Å²) in [6.07, 6.45) is 5.66. The summed E-state index contributed by atoms with van der Waals surface area (Å²) in [6, 6.07) is 0. The van der Waals surface area contributed by atoms with Gasteiger partial charge in [-0.05, 0) is 63.7 Å². The Kier molecular flexibility index (Phi) is 5.75. The number of nitrogens with two attached hydrogens (primary N) is 1. The first kappa shape index (κ1) is 14.5. The lowest BCUT2D eigenvalue weighted by molar-refractivity contribution is -0.00293. The average molecular weight is 241 g/mol. The Hall–Kier alpha value is 0.500. The van der Waals surface area contributed by atoms with Crippen molar-refractivity contribution in [2.24, 2.45) is 17.1 Å². The van der Waals surface area contributed by atoms with E-state index >= 15 is 0 Å². The molecule has 1 spiro atoms. The largest absolute Gasteiger partial charge is 0.330 e. The number of piperidine rings is 1. The van der Waals surface area contributed by atoms with Crippen LogP contribution in [0.3, 0.4) is 0 Å². The molecule has 2 rings (SSSR count). The molecular weight excluding hydrogens is 219 g/mol. The van der Waals surface area contributed by atoms with Crippen molar-refractivity contribution in [3.8, 4) is 0 Å². The zero-order chi connectivity index (χ0) is 8.60. The highest BCUT2D eigenvalue weighted by atomic mass is 35.5. The zero-order valence-corrected chi connectivity index (χ0v) is 10.5. The Labute approximate surface area is 99.4 Å². The van der Waals surface area contributed by atoms with Crippen molar-refractivity contribution >= 4 is 24.8 Å². The Balaban J connectivity index is 0.000000845. The third kappa shape index (κ3) is 2.75. The van der Waals surface area contributed by atoms with Gasteiger partial charge in [-0.3, -0.25) is 0 Å². The van der Waals surface area contributed by atoms with Crippen LogP contribution < -0.4 is 5.73 Å². The molecule has 0 aromatic heterocycles. The van der Waals surface area contributed by atoms with Gasteiger partial charge in [-0.1, -0.05) is 0 Å². The van der Waals surface area contributed by atoms with Crippen LogP contribution in [0.4, 0.5) is 0 Å². The van der Waals surface area contributed by atoms with Gasteiger partial charge in [-0.2, -0.15) is 0 Å². The summed E-state index contributed by atoms with van der Waals surface area (Å²) in [5.41, 5.74) is 6.37. The number of hydrogen-bond acceptors (Lipinski definition) is 2. The van der Waals surface area contributed by atoms with Crippen LogP contribution in [0.1, 0.15) is 25.7 Å². The highest BCUT2D eigenvalue weighted by Crippen LogP contribution is 2.51. The van der Waals surface area contributed by atoms with Crippen LogP contribution in [0.25, 0.3) is 0 Å². The molecule has 0 bridgehead atoms. The molecule has 1 saturated carbocycles. The third-order valence-electron chi connectivity index (χ3n) is 3.82. The number of halogens is 2. The number of rotatable bonds is 1. The lowest BCUT2D eigenvalue weighted by atomic mass is 9.57. The highest BCUT2D eigenvalue weighted by molar-refractivity contribution is 5.85. The molecule has 0 radical (unpaired) electrons. The smallest absolute Gasteiger partial charge is 0.00165 e. The maximum Gasteiger partial charge on any atom is -0.00165 e. The minimum absolute atomic E-state index is 0. The summed E-state index contributed by atoms with van der Waals surface area (Å²) >= 11 is 0. The van der Waals surface area contributed by atoms with Crippen LogP contribution in [0, 0.1) is 11.3 Å². The molecule has 4 heteroatoms. The van der Waals surface area contributed by atoms with E-state index in [2.05, 4.69) is 11.9 Å². The Morgan fingerprint density at radius 1 is 1.21 bits per heavy atom. The standard InChI is InChI=1S/C10H20N2.2ClH/c1-12-4-2-10(3-5-12)6-9(7-10)8-11;;/h9H,2-8,11H2,1H3;2*1H. The van der Waals surface area contributed by atoms with Crippen molar-refractivity contribution < 1.29 is 0 Å². The van der Waals surface area contributed by atoms with Crippen LogP contribution in [-0.2, 0) is 0 Å². The predicted octanol–water partition coefficient (Wildman–Crippen LogP) is 1.91. The van der Waals surface area contributed by atoms with E-state index in [1.165, 1.54) is 38.8 Å². The van der Waals surface area contributed by atoms with E-state index in [1.807, 2.05) is 0 Å². The van der Waals surface area contributed by atoms with Gasteiger partial charge in [0.1, 0.15) is 0 Å². The molecule has 0 aromatic rings. The van der Waals surface area contributed by atoms with Gasteiger partial charge in [-0.15, -0.1) is 24.8 Å². The molecule has 86 valence electrons. The fourth-order valence-corrected chi connectivity index (χ4v) is 2.83. The average Bonchev–Trinajstić information content (AvgIpc) is 2.02. The molecule has 2 N–H and O–H groups in total. The Morgan fingerprint density at radius 2 is 1.71 bits per heavy atom. The van der Waals surface area contributed by atoms with Gasteiger partial charge >= 0.3 is 0 Å².